The molecule has 4 nitrogen and oxygen atoms in total. The summed E-state index contributed by atoms with van der Waals surface area (Å²) in [6.45, 7) is 4.10. The van der Waals surface area contributed by atoms with Crippen LogP contribution in [-0.2, 0) is 9.53 Å². The first kappa shape index (κ1) is 10.9. The highest BCUT2D eigenvalue weighted by Gasteiger charge is 2.41. The summed E-state index contributed by atoms with van der Waals surface area (Å²) < 4.78 is 5.73. The fourth-order valence-corrected chi connectivity index (χ4v) is 2.67. The number of piperidine rings is 1. The molecule has 0 aromatic rings. The number of morpholine rings is 1. The van der Waals surface area contributed by atoms with Gasteiger partial charge in [-0.2, -0.15) is 0 Å². The van der Waals surface area contributed by atoms with Crippen molar-refractivity contribution in [2.24, 2.45) is 0 Å². The fraction of sp³-hybridized carbons (Fsp3) is 0.909. The molecule has 0 aromatic heterocycles. The van der Waals surface area contributed by atoms with Crippen molar-refractivity contribution in [3.8, 4) is 0 Å². The molecule has 4 heteroatoms. The van der Waals surface area contributed by atoms with Crippen LogP contribution in [0.15, 0.2) is 0 Å². The molecule has 0 bridgehead atoms. The van der Waals surface area contributed by atoms with E-state index in [4.69, 9.17) is 4.74 Å². The fourth-order valence-electron chi connectivity index (χ4n) is 2.67. The Morgan fingerprint density at radius 3 is 2.93 bits per heavy atom. The zero-order valence-corrected chi connectivity index (χ0v) is 9.58. The third kappa shape index (κ3) is 2.16. The SMILES string of the molecule is CN1CCCCC1C1(C)CNC(=O)CO1. The highest BCUT2D eigenvalue weighted by atomic mass is 16.5. The normalized spacial score (nSPS) is 38.8. The van der Waals surface area contributed by atoms with Gasteiger partial charge >= 0.3 is 0 Å². The summed E-state index contributed by atoms with van der Waals surface area (Å²) >= 11 is 0. The molecule has 1 N–H and O–H groups in total. The second-order valence-electron chi connectivity index (χ2n) is 4.87. The minimum Gasteiger partial charge on any atom is -0.362 e. The number of carbonyl (C=O) groups is 1. The maximum absolute atomic E-state index is 11.1. The minimum atomic E-state index is -0.205. The van der Waals surface area contributed by atoms with Gasteiger partial charge in [0, 0.05) is 12.6 Å². The van der Waals surface area contributed by atoms with Crippen LogP contribution in [0.1, 0.15) is 26.2 Å². The Bertz CT molecular complexity index is 245. The van der Waals surface area contributed by atoms with E-state index in [2.05, 4.69) is 24.2 Å². The first-order chi connectivity index (χ1) is 7.12. The quantitative estimate of drug-likeness (QED) is 0.683. The molecule has 2 unspecified atom stereocenters. The second-order valence-corrected chi connectivity index (χ2v) is 4.87. The van der Waals surface area contributed by atoms with E-state index in [1.54, 1.807) is 0 Å². The van der Waals surface area contributed by atoms with Crippen molar-refractivity contribution in [2.75, 3.05) is 26.7 Å². The number of carbonyl (C=O) groups excluding carboxylic acids is 1. The van der Waals surface area contributed by atoms with E-state index in [9.17, 15) is 4.79 Å². The van der Waals surface area contributed by atoms with Crippen LogP contribution < -0.4 is 5.32 Å². The maximum atomic E-state index is 11.1. The summed E-state index contributed by atoms with van der Waals surface area (Å²) in [5.41, 5.74) is -0.205. The van der Waals surface area contributed by atoms with Gasteiger partial charge in [0.15, 0.2) is 0 Å². The topological polar surface area (TPSA) is 41.6 Å². The lowest BCUT2D eigenvalue weighted by Gasteiger charge is -2.46. The van der Waals surface area contributed by atoms with Gasteiger partial charge in [-0.3, -0.25) is 4.79 Å². The molecule has 2 saturated heterocycles. The summed E-state index contributed by atoms with van der Waals surface area (Å²) in [4.78, 5) is 13.4. The second kappa shape index (κ2) is 4.10. The molecule has 2 aliphatic rings. The predicted molar refractivity (Wildman–Crippen MR) is 57.6 cm³/mol. The summed E-state index contributed by atoms with van der Waals surface area (Å²) in [7, 11) is 2.15. The van der Waals surface area contributed by atoms with Crippen LogP contribution >= 0.6 is 0 Å². The van der Waals surface area contributed by atoms with Crippen molar-refractivity contribution in [3.05, 3.63) is 0 Å². The first-order valence-electron chi connectivity index (χ1n) is 5.73. The van der Waals surface area contributed by atoms with Gasteiger partial charge in [0.05, 0.1) is 5.60 Å². The van der Waals surface area contributed by atoms with Crippen molar-refractivity contribution in [1.82, 2.24) is 10.2 Å². The van der Waals surface area contributed by atoms with E-state index in [1.165, 1.54) is 19.3 Å². The van der Waals surface area contributed by atoms with E-state index in [-0.39, 0.29) is 18.1 Å². The molecule has 2 heterocycles. The number of hydrogen-bond donors (Lipinski definition) is 1. The maximum Gasteiger partial charge on any atom is 0.246 e. The molecule has 1 amide bonds. The van der Waals surface area contributed by atoms with Crippen LogP contribution in [0, 0.1) is 0 Å². The van der Waals surface area contributed by atoms with E-state index in [0.717, 1.165) is 6.54 Å². The summed E-state index contributed by atoms with van der Waals surface area (Å²) in [5, 5.41) is 2.90. The average molecular weight is 212 g/mol. The number of rotatable bonds is 1. The number of hydrogen-bond acceptors (Lipinski definition) is 3. The first-order valence-corrected chi connectivity index (χ1v) is 5.73. The third-order valence-corrected chi connectivity index (χ3v) is 3.64. The molecule has 2 fully saturated rings. The molecule has 0 saturated carbocycles. The summed E-state index contributed by atoms with van der Waals surface area (Å²) in [6.07, 6.45) is 3.71. The number of ether oxygens (including phenoxy) is 1. The highest BCUT2D eigenvalue weighted by Crippen LogP contribution is 2.28. The smallest absolute Gasteiger partial charge is 0.246 e. The van der Waals surface area contributed by atoms with E-state index >= 15 is 0 Å². The predicted octanol–water partition coefficient (Wildman–Crippen LogP) is 0.376. The zero-order chi connectivity index (χ0) is 10.9. The van der Waals surface area contributed by atoms with E-state index in [0.29, 0.717) is 12.6 Å². The van der Waals surface area contributed by atoms with Crippen molar-refractivity contribution in [3.63, 3.8) is 0 Å². The molecular weight excluding hydrogens is 192 g/mol. The van der Waals surface area contributed by atoms with Gasteiger partial charge in [0.1, 0.15) is 6.61 Å². The Hall–Kier alpha value is -0.610. The van der Waals surface area contributed by atoms with Gasteiger partial charge in [-0.05, 0) is 33.4 Å². The molecule has 2 atom stereocenters. The average Bonchev–Trinajstić information content (AvgIpc) is 2.23. The molecule has 0 radical (unpaired) electrons. The van der Waals surface area contributed by atoms with Gasteiger partial charge in [-0.25, -0.2) is 0 Å². The van der Waals surface area contributed by atoms with Crippen molar-refractivity contribution in [2.45, 2.75) is 37.8 Å². The van der Waals surface area contributed by atoms with Crippen LogP contribution in [0.2, 0.25) is 0 Å². The number of likely N-dealkylation sites (N-methyl/N-ethyl adjacent to an activating group) is 1. The van der Waals surface area contributed by atoms with Gasteiger partial charge in [-0.15, -0.1) is 0 Å². The monoisotopic (exact) mass is 212 g/mol. The summed E-state index contributed by atoms with van der Waals surface area (Å²) in [5.74, 6) is 0.00550. The molecule has 2 rings (SSSR count). The number of likely N-dealkylation sites (tertiary alicyclic amines) is 1. The van der Waals surface area contributed by atoms with Crippen LogP contribution in [0.5, 0.6) is 0 Å². The molecule has 2 aliphatic heterocycles. The van der Waals surface area contributed by atoms with Gasteiger partial charge < -0.3 is 15.0 Å². The lowest BCUT2D eigenvalue weighted by molar-refractivity contribution is -0.152. The Morgan fingerprint density at radius 1 is 1.53 bits per heavy atom. The standard InChI is InChI=1S/C11H20N2O2/c1-11(8-12-10(14)7-15-11)9-5-3-4-6-13(9)2/h9H,3-8H2,1-2H3,(H,12,14). The number of amides is 1. The third-order valence-electron chi connectivity index (χ3n) is 3.64. The van der Waals surface area contributed by atoms with Crippen molar-refractivity contribution < 1.29 is 9.53 Å². The highest BCUT2D eigenvalue weighted by molar-refractivity contribution is 5.78. The van der Waals surface area contributed by atoms with Crippen molar-refractivity contribution in [1.29, 1.82) is 0 Å². The van der Waals surface area contributed by atoms with Gasteiger partial charge in [0.2, 0.25) is 5.91 Å². The van der Waals surface area contributed by atoms with Crippen LogP contribution in [0.3, 0.4) is 0 Å². The molecule has 0 aromatic carbocycles. The van der Waals surface area contributed by atoms with Crippen LogP contribution in [0.25, 0.3) is 0 Å². The van der Waals surface area contributed by atoms with E-state index in [1.807, 2.05) is 0 Å². The van der Waals surface area contributed by atoms with Gasteiger partial charge in [0.25, 0.3) is 0 Å². The minimum absolute atomic E-state index is 0.00550. The summed E-state index contributed by atoms with van der Waals surface area (Å²) in [6, 6.07) is 0.437. The lowest BCUT2D eigenvalue weighted by atomic mass is 9.87. The Morgan fingerprint density at radius 2 is 2.33 bits per heavy atom. The number of nitrogens with one attached hydrogen (secondary N) is 1. The molecule has 0 spiro atoms. The molecule has 15 heavy (non-hydrogen) atoms. The zero-order valence-electron chi connectivity index (χ0n) is 9.58. The molecular formula is C11H20N2O2. The van der Waals surface area contributed by atoms with Crippen LogP contribution in [0.4, 0.5) is 0 Å². The Kier molecular flexibility index (Phi) is 2.98. The Labute approximate surface area is 91.0 Å². The van der Waals surface area contributed by atoms with Crippen LogP contribution in [-0.4, -0.2) is 49.2 Å². The van der Waals surface area contributed by atoms with Crippen molar-refractivity contribution >= 4 is 5.91 Å². The lowest BCUT2D eigenvalue weighted by Crippen LogP contribution is -2.62. The van der Waals surface area contributed by atoms with E-state index < -0.39 is 0 Å². The largest absolute Gasteiger partial charge is 0.362 e. The molecule has 0 aliphatic carbocycles. The molecule has 86 valence electrons. The number of nitrogens with zero attached hydrogens (tertiary/aromatic N) is 1. The Balaban J connectivity index is 2.03. The van der Waals surface area contributed by atoms with Gasteiger partial charge in [-0.1, -0.05) is 6.42 Å².